The zero-order chi connectivity index (χ0) is 12.3. The second-order valence-corrected chi connectivity index (χ2v) is 4.34. The average Bonchev–Trinajstić information content (AvgIpc) is 2.35. The Kier molecular flexibility index (Phi) is 3.89. The summed E-state index contributed by atoms with van der Waals surface area (Å²) < 4.78 is 5.63. The molecule has 2 N–H and O–H groups in total. The topological polar surface area (TPSA) is 35.2 Å². The Bertz CT molecular complexity index is 511. The van der Waals surface area contributed by atoms with E-state index < -0.39 is 0 Å². The molecule has 0 saturated carbocycles. The van der Waals surface area contributed by atoms with Crippen LogP contribution in [-0.4, -0.2) is 0 Å². The smallest absolute Gasteiger partial charge is 0.129 e. The van der Waals surface area contributed by atoms with Crippen molar-refractivity contribution in [3.8, 4) is 11.5 Å². The van der Waals surface area contributed by atoms with Gasteiger partial charge in [0.05, 0.1) is 10.0 Å². The highest BCUT2D eigenvalue weighted by atomic mass is 35.5. The summed E-state index contributed by atoms with van der Waals surface area (Å²) in [5, 5.41) is 0.986. The maximum absolute atomic E-state index is 5.90. The molecule has 0 saturated heterocycles. The maximum atomic E-state index is 5.90. The number of hydrogen-bond acceptors (Lipinski definition) is 2. The third-order valence-electron chi connectivity index (χ3n) is 2.29. The quantitative estimate of drug-likeness (QED) is 0.903. The van der Waals surface area contributed by atoms with E-state index in [9.17, 15) is 0 Å². The van der Waals surface area contributed by atoms with Gasteiger partial charge in [-0.25, -0.2) is 0 Å². The van der Waals surface area contributed by atoms with Crippen molar-refractivity contribution in [3.63, 3.8) is 0 Å². The Hall–Kier alpha value is -1.22. The van der Waals surface area contributed by atoms with Crippen LogP contribution in [0.15, 0.2) is 42.5 Å². The van der Waals surface area contributed by atoms with Gasteiger partial charge in [0.1, 0.15) is 11.5 Å². The maximum Gasteiger partial charge on any atom is 0.129 e. The summed E-state index contributed by atoms with van der Waals surface area (Å²) in [6.07, 6.45) is 0. The first-order chi connectivity index (χ1) is 8.19. The van der Waals surface area contributed by atoms with Gasteiger partial charge < -0.3 is 10.5 Å². The second-order valence-electron chi connectivity index (χ2n) is 3.53. The van der Waals surface area contributed by atoms with Gasteiger partial charge >= 0.3 is 0 Å². The Morgan fingerprint density at radius 1 is 0.882 bits per heavy atom. The van der Waals surface area contributed by atoms with E-state index in [1.54, 1.807) is 18.2 Å². The van der Waals surface area contributed by atoms with E-state index >= 15 is 0 Å². The lowest BCUT2D eigenvalue weighted by molar-refractivity contribution is 0.482. The monoisotopic (exact) mass is 267 g/mol. The zero-order valence-electron chi connectivity index (χ0n) is 8.99. The molecule has 0 unspecified atom stereocenters. The predicted molar refractivity (Wildman–Crippen MR) is 70.9 cm³/mol. The van der Waals surface area contributed by atoms with E-state index in [-0.39, 0.29) is 0 Å². The molecular weight excluding hydrogens is 257 g/mol. The normalized spacial score (nSPS) is 10.3. The molecule has 17 heavy (non-hydrogen) atoms. The molecule has 2 rings (SSSR count). The van der Waals surface area contributed by atoms with Crippen molar-refractivity contribution in [2.75, 3.05) is 0 Å². The number of rotatable bonds is 3. The van der Waals surface area contributed by atoms with Crippen LogP contribution in [0.2, 0.25) is 10.0 Å². The van der Waals surface area contributed by atoms with Gasteiger partial charge in [-0.05, 0) is 29.8 Å². The zero-order valence-corrected chi connectivity index (χ0v) is 10.5. The summed E-state index contributed by atoms with van der Waals surface area (Å²) in [5.74, 6) is 1.39. The first-order valence-electron chi connectivity index (χ1n) is 5.11. The van der Waals surface area contributed by atoms with Gasteiger partial charge in [-0.15, -0.1) is 0 Å². The lowest BCUT2D eigenvalue weighted by Gasteiger charge is -2.07. The van der Waals surface area contributed by atoms with E-state index in [0.29, 0.717) is 22.3 Å². The van der Waals surface area contributed by atoms with Crippen molar-refractivity contribution in [2.24, 2.45) is 5.73 Å². The minimum atomic E-state index is 0.475. The van der Waals surface area contributed by atoms with Gasteiger partial charge in [0, 0.05) is 12.6 Å². The van der Waals surface area contributed by atoms with Crippen LogP contribution in [0.1, 0.15) is 5.56 Å². The first kappa shape index (κ1) is 12.2. The molecule has 88 valence electrons. The molecule has 0 atom stereocenters. The first-order valence-corrected chi connectivity index (χ1v) is 5.86. The lowest BCUT2D eigenvalue weighted by atomic mass is 10.2. The van der Waals surface area contributed by atoms with E-state index in [4.69, 9.17) is 33.7 Å². The molecule has 0 aliphatic carbocycles. The number of ether oxygens (including phenoxy) is 1. The SMILES string of the molecule is NCc1ccc(Oc2ccc(Cl)c(Cl)c2)cc1. The highest BCUT2D eigenvalue weighted by Gasteiger charge is 2.01. The molecule has 2 aromatic rings. The lowest BCUT2D eigenvalue weighted by Crippen LogP contribution is -1.95. The van der Waals surface area contributed by atoms with E-state index in [2.05, 4.69) is 0 Å². The third kappa shape index (κ3) is 3.13. The van der Waals surface area contributed by atoms with Crippen LogP contribution in [0.3, 0.4) is 0 Å². The van der Waals surface area contributed by atoms with Crippen molar-refractivity contribution in [3.05, 3.63) is 58.1 Å². The summed E-state index contributed by atoms with van der Waals surface area (Å²) in [6, 6.07) is 12.7. The molecule has 0 heterocycles. The Morgan fingerprint density at radius 3 is 2.12 bits per heavy atom. The Morgan fingerprint density at radius 2 is 1.53 bits per heavy atom. The Balaban J connectivity index is 2.16. The van der Waals surface area contributed by atoms with Crippen LogP contribution in [0, 0.1) is 0 Å². The van der Waals surface area contributed by atoms with E-state index in [0.717, 1.165) is 11.3 Å². The minimum Gasteiger partial charge on any atom is -0.457 e. The van der Waals surface area contributed by atoms with Crippen LogP contribution in [0.4, 0.5) is 0 Å². The molecule has 4 heteroatoms. The van der Waals surface area contributed by atoms with Crippen LogP contribution in [0.25, 0.3) is 0 Å². The molecule has 0 aliphatic heterocycles. The molecule has 0 fully saturated rings. The summed E-state index contributed by atoms with van der Waals surface area (Å²) in [5.41, 5.74) is 6.58. The third-order valence-corrected chi connectivity index (χ3v) is 3.02. The highest BCUT2D eigenvalue weighted by molar-refractivity contribution is 6.42. The van der Waals surface area contributed by atoms with Gasteiger partial charge in [-0.2, -0.15) is 0 Å². The van der Waals surface area contributed by atoms with Crippen molar-refractivity contribution < 1.29 is 4.74 Å². The molecule has 2 aromatic carbocycles. The molecule has 0 radical (unpaired) electrons. The van der Waals surface area contributed by atoms with Crippen LogP contribution >= 0.6 is 23.2 Å². The van der Waals surface area contributed by atoms with Crippen molar-refractivity contribution >= 4 is 23.2 Å². The van der Waals surface area contributed by atoms with Gasteiger partial charge in [0.25, 0.3) is 0 Å². The standard InChI is InChI=1S/C13H11Cl2NO/c14-12-6-5-11(7-13(12)15)17-10-3-1-9(8-16)2-4-10/h1-7H,8,16H2. The van der Waals surface area contributed by atoms with Gasteiger partial charge in [-0.1, -0.05) is 35.3 Å². The average molecular weight is 268 g/mol. The largest absolute Gasteiger partial charge is 0.457 e. The summed E-state index contributed by atoms with van der Waals surface area (Å²) in [7, 11) is 0. The fourth-order valence-electron chi connectivity index (χ4n) is 1.37. The second kappa shape index (κ2) is 5.41. The number of benzene rings is 2. The van der Waals surface area contributed by atoms with Gasteiger partial charge in [-0.3, -0.25) is 0 Å². The fraction of sp³-hybridized carbons (Fsp3) is 0.0769. The van der Waals surface area contributed by atoms with E-state index in [1.807, 2.05) is 24.3 Å². The molecule has 0 spiro atoms. The van der Waals surface area contributed by atoms with Gasteiger partial charge in [0.2, 0.25) is 0 Å². The van der Waals surface area contributed by atoms with Crippen molar-refractivity contribution in [2.45, 2.75) is 6.54 Å². The molecule has 0 aromatic heterocycles. The molecule has 0 aliphatic rings. The van der Waals surface area contributed by atoms with E-state index in [1.165, 1.54) is 0 Å². The molecule has 0 amide bonds. The van der Waals surface area contributed by atoms with Crippen molar-refractivity contribution in [1.82, 2.24) is 0 Å². The fourth-order valence-corrected chi connectivity index (χ4v) is 1.66. The molecule has 2 nitrogen and oxygen atoms in total. The van der Waals surface area contributed by atoms with Crippen LogP contribution in [-0.2, 0) is 6.54 Å². The predicted octanol–water partition coefficient (Wildman–Crippen LogP) is 4.24. The number of nitrogens with two attached hydrogens (primary N) is 1. The molecular formula is C13H11Cl2NO. The summed E-state index contributed by atoms with van der Waals surface area (Å²) in [6.45, 7) is 0.521. The summed E-state index contributed by atoms with van der Waals surface area (Å²) >= 11 is 11.7. The number of hydrogen-bond donors (Lipinski definition) is 1. The Labute approximate surface area is 110 Å². The molecule has 0 bridgehead atoms. The summed E-state index contributed by atoms with van der Waals surface area (Å²) in [4.78, 5) is 0. The minimum absolute atomic E-state index is 0.475. The van der Waals surface area contributed by atoms with Crippen molar-refractivity contribution in [1.29, 1.82) is 0 Å². The van der Waals surface area contributed by atoms with Crippen LogP contribution < -0.4 is 10.5 Å². The number of halogens is 2. The van der Waals surface area contributed by atoms with Crippen LogP contribution in [0.5, 0.6) is 11.5 Å². The highest BCUT2D eigenvalue weighted by Crippen LogP contribution is 2.29. The van der Waals surface area contributed by atoms with Gasteiger partial charge in [0.15, 0.2) is 0 Å².